The quantitative estimate of drug-likeness (QED) is 0.554. The summed E-state index contributed by atoms with van der Waals surface area (Å²) in [6.07, 6.45) is 0. The Hall–Kier alpha value is -2.97. The van der Waals surface area contributed by atoms with E-state index in [9.17, 15) is 9.59 Å². The van der Waals surface area contributed by atoms with Crippen molar-refractivity contribution in [1.82, 2.24) is 0 Å². The molecule has 2 aromatic carbocycles. The molecule has 1 aromatic heterocycles. The molecule has 9 heteroatoms. The minimum absolute atomic E-state index is 0.258. The molecule has 0 saturated heterocycles. The number of fused-ring (bicyclic) bond motifs is 1. The van der Waals surface area contributed by atoms with Crippen molar-refractivity contribution in [1.29, 1.82) is 0 Å². The summed E-state index contributed by atoms with van der Waals surface area (Å²) in [7, 11) is 4.43. The van der Waals surface area contributed by atoms with Gasteiger partial charge in [0.15, 0.2) is 18.1 Å². The van der Waals surface area contributed by atoms with E-state index in [-0.39, 0.29) is 4.88 Å². The van der Waals surface area contributed by atoms with Crippen molar-refractivity contribution < 1.29 is 28.5 Å². The summed E-state index contributed by atoms with van der Waals surface area (Å²) in [5.74, 6) is -0.00710. The van der Waals surface area contributed by atoms with E-state index in [2.05, 4.69) is 5.32 Å². The van der Waals surface area contributed by atoms with Gasteiger partial charge in [-0.1, -0.05) is 29.8 Å². The van der Waals surface area contributed by atoms with Crippen LogP contribution in [0.4, 0.5) is 5.69 Å². The molecule has 0 fully saturated rings. The second-order valence-electron chi connectivity index (χ2n) is 5.78. The standard InChI is InChI=1S/C20H18ClNO6S/c1-25-13-8-11(9-14(26-2)18(13)27-3)22-16(23)10-28-20(24)19-17(21)12-6-4-5-7-15(12)29-19/h4-9H,10H2,1-3H3,(H,22,23). The number of rotatable bonds is 7. The van der Waals surface area contributed by atoms with Crippen LogP contribution in [0, 0.1) is 0 Å². The second kappa shape index (κ2) is 9.02. The molecule has 0 radical (unpaired) electrons. The Morgan fingerprint density at radius 1 is 1.03 bits per heavy atom. The number of anilines is 1. The van der Waals surface area contributed by atoms with Crippen molar-refractivity contribution in [2.75, 3.05) is 33.3 Å². The van der Waals surface area contributed by atoms with Crippen molar-refractivity contribution in [3.8, 4) is 17.2 Å². The molecule has 29 heavy (non-hydrogen) atoms. The number of thiophene rings is 1. The summed E-state index contributed by atoms with van der Waals surface area (Å²) < 4.78 is 21.7. The van der Waals surface area contributed by atoms with E-state index in [1.54, 1.807) is 12.1 Å². The van der Waals surface area contributed by atoms with Gasteiger partial charge in [-0.25, -0.2) is 4.79 Å². The number of hydrogen-bond acceptors (Lipinski definition) is 7. The first-order valence-electron chi connectivity index (χ1n) is 8.42. The predicted molar refractivity (Wildman–Crippen MR) is 112 cm³/mol. The van der Waals surface area contributed by atoms with E-state index in [0.29, 0.717) is 28.0 Å². The maximum absolute atomic E-state index is 12.3. The van der Waals surface area contributed by atoms with Crippen LogP contribution in [-0.4, -0.2) is 39.8 Å². The number of methoxy groups -OCH3 is 3. The molecule has 152 valence electrons. The van der Waals surface area contributed by atoms with Gasteiger partial charge in [-0.2, -0.15) is 0 Å². The third-order valence-corrected chi connectivity index (χ3v) is 5.66. The van der Waals surface area contributed by atoms with Crippen LogP contribution in [0.5, 0.6) is 17.2 Å². The van der Waals surface area contributed by atoms with Crippen LogP contribution in [0.2, 0.25) is 5.02 Å². The summed E-state index contributed by atoms with van der Waals surface area (Å²) in [6, 6.07) is 10.5. The number of carbonyl (C=O) groups is 2. The van der Waals surface area contributed by atoms with Crippen LogP contribution in [0.1, 0.15) is 9.67 Å². The van der Waals surface area contributed by atoms with E-state index >= 15 is 0 Å². The molecule has 1 heterocycles. The predicted octanol–water partition coefficient (Wildman–Crippen LogP) is 4.38. The van der Waals surface area contributed by atoms with Crippen LogP contribution in [0.25, 0.3) is 10.1 Å². The normalized spacial score (nSPS) is 10.5. The van der Waals surface area contributed by atoms with Crippen molar-refractivity contribution in [2.24, 2.45) is 0 Å². The summed E-state index contributed by atoms with van der Waals surface area (Å²) >= 11 is 7.48. The highest BCUT2D eigenvalue weighted by atomic mass is 35.5. The minimum atomic E-state index is -0.656. The first-order valence-corrected chi connectivity index (χ1v) is 9.62. The molecule has 0 unspecified atom stereocenters. The fraction of sp³-hybridized carbons (Fsp3) is 0.200. The van der Waals surface area contributed by atoms with E-state index in [4.69, 9.17) is 30.5 Å². The SMILES string of the molecule is COc1cc(NC(=O)COC(=O)c2sc3ccccc3c2Cl)cc(OC)c1OC. The van der Waals surface area contributed by atoms with Crippen LogP contribution < -0.4 is 19.5 Å². The highest BCUT2D eigenvalue weighted by Crippen LogP contribution is 2.40. The minimum Gasteiger partial charge on any atom is -0.493 e. The number of carbonyl (C=O) groups excluding carboxylic acids is 2. The number of ether oxygens (including phenoxy) is 4. The van der Waals surface area contributed by atoms with Gasteiger partial charge >= 0.3 is 5.97 Å². The molecule has 1 N–H and O–H groups in total. The number of amides is 1. The molecule has 0 bridgehead atoms. The van der Waals surface area contributed by atoms with Crippen LogP contribution in [-0.2, 0) is 9.53 Å². The van der Waals surface area contributed by atoms with Gasteiger partial charge in [0.2, 0.25) is 5.75 Å². The molecule has 3 aromatic rings. The topological polar surface area (TPSA) is 83.1 Å². The molecule has 0 saturated carbocycles. The highest BCUT2D eigenvalue weighted by Gasteiger charge is 2.20. The summed E-state index contributed by atoms with van der Waals surface area (Å²) in [6.45, 7) is -0.472. The Bertz CT molecular complexity index is 1040. The molecule has 3 rings (SSSR count). The van der Waals surface area contributed by atoms with Gasteiger partial charge in [0, 0.05) is 27.9 Å². The number of halogens is 1. The van der Waals surface area contributed by atoms with Gasteiger partial charge in [-0.15, -0.1) is 11.3 Å². The molecule has 0 aliphatic rings. The van der Waals surface area contributed by atoms with Crippen molar-refractivity contribution in [3.05, 3.63) is 46.3 Å². The van der Waals surface area contributed by atoms with Gasteiger partial charge in [0.25, 0.3) is 5.91 Å². The summed E-state index contributed by atoms with van der Waals surface area (Å²) in [4.78, 5) is 24.8. The molecule has 0 aliphatic carbocycles. The van der Waals surface area contributed by atoms with Crippen molar-refractivity contribution in [3.63, 3.8) is 0 Å². The summed E-state index contributed by atoms with van der Waals surface area (Å²) in [5, 5.41) is 3.72. The lowest BCUT2D eigenvalue weighted by Crippen LogP contribution is -2.20. The van der Waals surface area contributed by atoms with Crippen LogP contribution in [0.15, 0.2) is 36.4 Å². The van der Waals surface area contributed by atoms with E-state index in [0.717, 1.165) is 10.1 Å². The van der Waals surface area contributed by atoms with E-state index in [1.165, 1.54) is 32.7 Å². The van der Waals surface area contributed by atoms with Gasteiger partial charge in [-0.3, -0.25) is 4.79 Å². The Balaban J connectivity index is 1.68. The van der Waals surface area contributed by atoms with E-state index in [1.807, 2.05) is 24.3 Å². The average Bonchev–Trinajstić information content (AvgIpc) is 3.08. The van der Waals surface area contributed by atoms with Gasteiger partial charge in [-0.05, 0) is 6.07 Å². The first kappa shape index (κ1) is 20.8. The van der Waals surface area contributed by atoms with Gasteiger partial charge in [0.05, 0.1) is 26.4 Å². The third-order valence-electron chi connectivity index (χ3n) is 4.00. The maximum atomic E-state index is 12.3. The van der Waals surface area contributed by atoms with E-state index < -0.39 is 18.5 Å². The zero-order valence-corrected chi connectivity index (χ0v) is 17.5. The average molecular weight is 436 g/mol. The van der Waals surface area contributed by atoms with Crippen molar-refractivity contribution in [2.45, 2.75) is 0 Å². The zero-order chi connectivity index (χ0) is 21.0. The number of hydrogen-bond donors (Lipinski definition) is 1. The largest absolute Gasteiger partial charge is 0.493 e. The Morgan fingerprint density at radius 2 is 1.69 bits per heavy atom. The highest BCUT2D eigenvalue weighted by molar-refractivity contribution is 7.21. The third kappa shape index (κ3) is 4.38. The van der Waals surface area contributed by atoms with Crippen LogP contribution >= 0.6 is 22.9 Å². The molecule has 7 nitrogen and oxygen atoms in total. The van der Waals surface area contributed by atoms with Crippen molar-refractivity contribution >= 4 is 50.6 Å². The molecule has 1 amide bonds. The lowest BCUT2D eigenvalue weighted by molar-refractivity contribution is -0.119. The lowest BCUT2D eigenvalue weighted by Gasteiger charge is -2.14. The Labute approximate surface area is 176 Å². The number of benzene rings is 2. The first-order chi connectivity index (χ1) is 14.0. The number of esters is 1. The molecule has 0 spiro atoms. The zero-order valence-electron chi connectivity index (χ0n) is 15.9. The van der Waals surface area contributed by atoms with Gasteiger partial charge in [0.1, 0.15) is 4.88 Å². The monoisotopic (exact) mass is 435 g/mol. The maximum Gasteiger partial charge on any atom is 0.350 e. The second-order valence-corrected chi connectivity index (χ2v) is 7.21. The smallest absolute Gasteiger partial charge is 0.350 e. The molecule has 0 aliphatic heterocycles. The Morgan fingerprint density at radius 3 is 2.28 bits per heavy atom. The Kier molecular flexibility index (Phi) is 6.46. The molecular weight excluding hydrogens is 418 g/mol. The fourth-order valence-corrected chi connectivity index (χ4v) is 4.09. The lowest BCUT2D eigenvalue weighted by atomic mass is 10.2. The molecule has 0 atom stereocenters. The number of nitrogens with one attached hydrogen (secondary N) is 1. The van der Waals surface area contributed by atoms with Crippen LogP contribution in [0.3, 0.4) is 0 Å². The molecular formula is C20H18ClNO6S. The summed E-state index contributed by atoms with van der Waals surface area (Å²) in [5.41, 5.74) is 0.403. The fourth-order valence-electron chi connectivity index (χ4n) is 2.69. The van der Waals surface area contributed by atoms with Gasteiger partial charge < -0.3 is 24.3 Å².